The van der Waals surface area contributed by atoms with E-state index in [4.69, 9.17) is 23.2 Å². The lowest BCUT2D eigenvalue weighted by molar-refractivity contribution is -0.157. The highest BCUT2D eigenvalue weighted by atomic mass is 35.5. The number of amides is 1. The number of benzene rings is 1. The molecule has 0 radical (unpaired) electrons. The third kappa shape index (κ3) is 4.59. The van der Waals surface area contributed by atoms with Gasteiger partial charge in [0.1, 0.15) is 5.82 Å². The monoisotopic (exact) mass is 491 g/mol. The summed E-state index contributed by atoms with van der Waals surface area (Å²) >= 11 is 13.5. The Labute approximate surface area is 202 Å². The standard InChI is InChI=1S/C24H27Cl2N3O2S/c1-14(2)29-21(15-7-9-17(25)10-8-15)19(16-5-4-6-18(26)11-16)12-24(3,22(29)30)13-20-27-23(31)32-28-20/h4,6-11,14,16,19,21H,5,12-13H2,1-3H3,(H,27,28,31)/t16?,19-,21-,24-/m1/s1. The molecule has 4 atom stereocenters. The van der Waals surface area contributed by atoms with Crippen molar-refractivity contribution in [3.63, 3.8) is 0 Å². The molecule has 1 N–H and O–H groups in total. The van der Waals surface area contributed by atoms with Gasteiger partial charge in [-0.25, -0.2) is 0 Å². The molecular formula is C24H27Cl2N3O2S. The highest BCUT2D eigenvalue weighted by Crippen LogP contribution is 2.51. The minimum absolute atomic E-state index is 0.00151. The van der Waals surface area contributed by atoms with Crippen molar-refractivity contribution in [2.75, 3.05) is 0 Å². The molecule has 1 amide bonds. The number of rotatable bonds is 5. The van der Waals surface area contributed by atoms with Crippen LogP contribution in [0.5, 0.6) is 0 Å². The molecule has 4 rings (SSSR count). The summed E-state index contributed by atoms with van der Waals surface area (Å²) in [5, 5.41) is 1.40. The largest absolute Gasteiger partial charge is 0.332 e. The van der Waals surface area contributed by atoms with Gasteiger partial charge in [-0.05, 0) is 62.3 Å². The number of halogens is 2. The summed E-state index contributed by atoms with van der Waals surface area (Å²) in [6.07, 6.45) is 8.10. The van der Waals surface area contributed by atoms with Crippen molar-refractivity contribution in [3.8, 4) is 0 Å². The molecule has 0 spiro atoms. The van der Waals surface area contributed by atoms with E-state index in [2.05, 4.69) is 35.4 Å². The van der Waals surface area contributed by atoms with Gasteiger partial charge in [0.25, 0.3) is 0 Å². The van der Waals surface area contributed by atoms with Crippen molar-refractivity contribution in [1.29, 1.82) is 0 Å². The van der Waals surface area contributed by atoms with Gasteiger partial charge in [0.05, 0.1) is 11.5 Å². The SMILES string of the molecule is CC(C)N1C(=O)[C@@](C)(Cc2nsc(=O)[nH]2)C[C@H](C2C=C(Cl)C=CC2)[C@H]1c1ccc(Cl)cc1. The number of carbonyl (C=O) groups excluding carboxylic acids is 1. The Hall–Kier alpha value is -1.89. The van der Waals surface area contributed by atoms with E-state index < -0.39 is 5.41 Å². The summed E-state index contributed by atoms with van der Waals surface area (Å²) < 4.78 is 4.24. The average molecular weight is 492 g/mol. The number of aromatic amines is 1. The van der Waals surface area contributed by atoms with Crippen LogP contribution in [0.25, 0.3) is 0 Å². The van der Waals surface area contributed by atoms with Crippen molar-refractivity contribution < 1.29 is 4.79 Å². The Bertz CT molecular complexity index is 1100. The summed E-state index contributed by atoms with van der Waals surface area (Å²) in [6.45, 7) is 6.10. The van der Waals surface area contributed by atoms with Gasteiger partial charge in [-0.1, -0.05) is 54.4 Å². The van der Waals surface area contributed by atoms with E-state index in [9.17, 15) is 9.59 Å². The van der Waals surface area contributed by atoms with Crippen molar-refractivity contribution in [2.45, 2.75) is 52.1 Å². The van der Waals surface area contributed by atoms with Crippen LogP contribution in [0.2, 0.25) is 5.02 Å². The third-order valence-electron chi connectivity index (χ3n) is 6.56. The smallest absolute Gasteiger partial charge is 0.323 e. The first-order chi connectivity index (χ1) is 15.2. The van der Waals surface area contributed by atoms with E-state index in [1.165, 1.54) is 0 Å². The number of hydrogen-bond donors (Lipinski definition) is 1. The molecule has 1 saturated heterocycles. The molecule has 170 valence electrons. The number of allylic oxidation sites excluding steroid dienone is 4. The second-order valence-electron chi connectivity index (χ2n) is 9.30. The highest BCUT2D eigenvalue weighted by Gasteiger charge is 2.51. The first-order valence-corrected chi connectivity index (χ1v) is 12.4. The molecule has 1 aromatic carbocycles. The molecule has 1 unspecified atom stereocenters. The molecular weight excluding hydrogens is 465 g/mol. The Morgan fingerprint density at radius 2 is 1.97 bits per heavy atom. The van der Waals surface area contributed by atoms with E-state index in [-0.39, 0.29) is 34.7 Å². The number of H-pyrrole nitrogens is 1. The zero-order chi connectivity index (χ0) is 23.0. The van der Waals surface area contributed by atoms with E-state index in [0.717, 1.165) is 28.5 Å². The van der Waals surface area contributed by atoms with Gasteiger partial charge in [0.15, 0.2) is 0 Å². The van der Waals surface area contributed by atoms with Crippen molar-refractivity contribution in [2.24, 2.45) is 17.3 Å². The second-order valence-corrected chi connectivity index (χ2v) is 10.9. The van der Waals surface area contributed by atoms with Crippen LogP contribution in [0, 0.1) is 17.3 Å². The Morgan fingerprint density at radius 3 is 2.56 bits per heavy atom. The van der Waals surface area contributed by atoms with Crippen LogP contribution in [-0.2, 0) is 11.2 Å². The van der Waals surface area contributed by atoms with Crippen LogP contribution < -0.4 is 4.87 Å². The van der Waals surface area contributed by atoms with Crippen LogP contribution in [0.1, 0.15) is 51.0 Å². The van der Waals surface area contributed by atoms with Crippen molar-refractivity contribution in [1.82, 2.24) is 14.3 Å². The summed E-state index contributed by atoms with van der Waals surface area (Å²) in [5.74, 6) is 0.987. The number of aromatic nitrogens is 2. The maximum atomic E-state index is 14.0. The van der Waals surface area contributed by atoms with Gasteiger partial charge in [-0.3, -0.25) is 14.6 Å². The fourth-order valence-electron chi connectivity index (χ4n) is 5.19. The predicted octanol–water partition coefficient (Wildman–Crippen LogP) is 5.73. The molecule has 2 aliphatic rings. The van der Waals surface area contributed by atoms with Crippen LogP contribution in [-0.4, -0.2) is 26.2 Å². The normalized spacial score (nSPS) is 28.3. The van der Waals surface area contributed by atoms with E-state index in [1.54, 1.807) is 0 Å². The number of piperidine rings is 1. The van der Waals surface area contributed by atoms with Gasteiger partial charge in [-0.15, -0.1) is 0 Å². The van der Waals surface area contributed by atoms with E-state index in [0.29, 0.717) is 23.7 Å². The topological polar surface area (TPSA) is 66.1 Å². The summed E-state index contributed by atoms with van der Waals surface area (Å²) in [6, 6.07) is 7.71. The van der Waals surface area contributed by atoms with Crippen LogP contribution in [0.4, 0.5) is 0 Å². The number of hydrogen-bond acceptors (Lipinski definition) is 4. The number of carbonyl (C=O) groups is 1. The highest BCUT2D eigenvalue weighted by molar-refractivity contribution is 7.02. The van der Waals surface area contributed by atoms with Crippen LogP contribution >= 0.6 is 34.7 Å². The lowest BCUT2D eigenvalue weighted by atomic mass is 9.64. The van der Waals surface area contributed by atoms with Crippen molar-refractivity contribution >= 4 is 40.6 Å². The first kappa shape index (κ1) is 23.3. The molecule has 1 aromatic heterocycles. The Morgan fingerprint density at radius 1 is 1.25 bits per heavy atom. The summed E-state index contributed by atoms with van der Waals surface area (Å²) in [5.41, 5.74) is 0.390. The van der Waals surface area contributed by atoms with Gasteiger partial charge in [0.2, 0.25) is 5.91 Å². The Kier molecular flexibility index (Phi) is 6.66. The number of nitrogens with zero attached hydrogens (tertiary/aromatic N) is 2. The minimum Gasteiger partial charge on any atom is -0.332 e. The first-order valence-electron chi connectivity index (χ1n) is 10.8. The lowest BCUT2D eigenvalue weighted by Crippen LogP contribution is -2.56. The van der Waals surface area contributed by atoms with E-state index >= 15 is 0 Å². The maximum Gasteiger partial charge on any atom is 0.323 e. The lowest BCUT2D eigenvalue weighted by Gasteiger charge is -2.52. The van der Waals surface area contributed by atoms with Gasteiger partial charge in [0, 0.05) is 34.1 Å². The fraction of sp³-hybridized carbons (Fsp3) is 0.458. The van der Waals surface area contributed by atoms with Crippen LogP contribution in [0.3, 0.4) is 0 Å². The molecule has 1 aliphatic carbocycles. The zero-order valence-corrected chi connectivity index (χ0v) is 20.7. The quantitative estimate of drug-likeness (QED) is 0.580. The average Bonchev–Trinajstić information content (AvgIpc) is 3.14. The van der Waals surface area contributed by atoms with Gasteiger partial charge in [-0.2, -0.15) is 4.37 Å². The molecule has 2 aromatic rings. The fourth-order valence-corrected chi connectivity index (χ4v) is 6.03. The summed E-state index contributed by atoms with van der Waals surface area (Å²) in [4.78, 5) is 30.2. The predicted molar refractivity (Wildman–Crippen MR) is 130 cm³/mol. The molecule has 1 fully saturated rings. The second kappa shape index (κ2) is 9.16. The molecule has 1 aliphatic heterocycles. The third-order valence-corrected chi connectivity index (χ3v) is 7.64. The molecule has 2 heterocycles. The summed E-state index contributed by atoms with van der Waals surface area (Å²) in [7, 11) is 0. The maximum absolute atomic E-state index is 14.0. The molecule has 5 nitrogen and oxygen atoms in total. The van der Waals surface area contributed by atoms with Gasteiger partial charge < -0.3 is 4.90 Å². The molecule has 0 bridgehead atoms. The molecule has 8 heteroatoms. The van der Waals surface area contributed by atoms with Crippen LogP contribution in [0.15, 0.2) is 52.3 Å². The van der Waals surface area contributed by atoms with E-state index in [1.807, 2.05) is 42.2 Å². The molecule has 32 heavy (non-hydrogen) atoms. The minimum atomic E-state index is -0.684. The Balaban J connectivity index is 1.80. The molecule has 0 saturated carbocycles. The number of likely N-dealkylation sites (tertiary alicyclic amines) is 1. The number of nitrogens with one attached hydrogen (secondary N) is 1. The van der Waals surface area contributed by atoms with Crippen molar-refractivity contribution in [3.05, 3.63) is 73.6 Å². The van der Waals surface area contributed by atoms with Gasteiger partial charge >= 0.3 is 4.87 Å². The zero-order valence-electron chi connectivity index (χ0n) is 18.3.